The number of benzene rings is 2. The van der Waals surface area contributed by atoms with Crippen LogP contribution in [0, 0.1) is 6.92 Å². The number of carbonyl (C=O) groups is 2. The monoisotopic (exact) mass is 475 g/mol. The molecule has 2 amide bonds. The van der Waals surface area contributed by atoms with Gasteiger partial charge in [-0.25, -0.2) is 9.78 Å². The van der Waals surface area contributed by atoms with Gasteiger partial charge >= 0.3 is 6.09 Å². The van der Waals surface area contributed by atoms with Crippen LogP contribution in [0.15, 0.2) is 42.5 Å². The number of aromatic nitrogens is 1. The molecule has 3 rings (SSSR count). The van der Waals surface area contributed by atoms with Gasteiger partial charge in [-0.15, -0.1) is 0 Å². The van der Waals surface area contributed by atoms with Crippen LogP contribution in [0.3, 0.4) is 0 Å². The van der Waals surface area contributed by atoms with Crippen LogP contribution in [-0.2, 0) is 35.3 Å². The predicted molar refractivity (Wildman–Crippen MR) is 142 cm³/mol. The number of hydrogen-bond donors (Lipinski definition) is 1. The van der Waals surface area contributed by atoms with Crippen molar-refractivity contribution < 1.29 is 14.3 Å². The molecule has 0 bridgehead atoms. The highest BCUT2D eigenvalue weighted by Crippen LogP contribution is 2.23. The molecule has 0 atom stereocenters. The van der Waals surface area contributed by atoms with Gasteiger partial charge in [-0.05, 0) is 86.9 Å². The van der Waals surface area contributed by atoms with Crippen molar-refractivity contribution in [2.75, 3.05) is 12.4 Å². The smallest absolute Gasteiger partial charge is 0.410 e. The summed E-state index contributed by atoms with van der Waals surface area (Å²) in [6.07, 6.45) is 2.36. The van der Waals surface area contributed by atoms with Gasteiger partial charge in [0.05, 0.1) is 5.52 Å². The molecule has 2 aromatic carbocycles. The summed E-state index contributed by atoms with van der Waals surface area (Å²) in [5.41, 5.74) is 6.24. The molecule has 0 radical (unpaired) electrons. The second kappa shape index (κ2) is 10.9. The lowest BCUT2D eigenvalue weighted by Gasteiger charge is -2.25. The molecular weight excluding hydrogens is 438 g/mol. The second-order valence-electron chi connectivity index (χ2n) is 10.2. The van der Waals surface area contributed by atoms with Crippen LogP contribution < -0.4 is 5.32 Å². The highest BCUT2D eigenvalue weighted by molar-refractivity contribution is 5.91. The Balaban J connectivity index is 1.76. The Kier molecular flexibility index (Phi) is 8.15. The van der Waals surface area contributed by atoms with Crippen molar-refractivity contribution >= 4 is 28.7 Å². The SMILES string of the molecule is CCc1cc(CCc2ccc3c(C)cc(NC(C)=O)nc3c2)cc(CN(C)C(=O)OC(C)(C)C)c1. The van der Waals surface area contributed by atoms with Crippen LogP contribution in [0.1, 0.15) is 62.4 Å². The zero-order valence-electron chi connectivity index (χ0n) is 22.0. The summed E-state index contributed by atoms with van der Waals surface area (Å²) in [5.74, 6) is 0.449. The maximum Gasteiger partial charge on any atom is 0.410 e. The van der Waals surface area contributed by atoms with E-state index in [1.54, 1.807) is 11.9 Å². The lowest BCUT2D eigenvalue weighted by molar-refractivity contribution is -0.114. The third-order valence-corrected chi connectivity index (χ3v) is 5.73. The van der Waals surface area contributed by atoms with Crippen molar-refractivity contribution in [1.82, 2.24) is 9.88 Å². The Labute approximate surface area is 208 Å². The minimum atomic E-state index is -0.516. The molecule has 6 heteroatoms. The Morgan fingerprint density at radius 1 is 0.971 bits per heavy atom. The number of aryl methyl sites for hydroxylation is 4. The molecule has 0 aliphatic rings. The number of nitrogens with zero attached hydrogens (tertiary/aromatic N) is 2. The summed E-state index contributed by atoms with van der Waals surface area (Å²) in [7, 11) is 1.77. The molecule has 0 saturated carbocycles. The molecule has 1 N–H and O–H groups in total. The zero-order valence-corrected chi connectivity index (χ0v) is 22.0. The number of pyridine rings is 1. The van der Waals surface area contributed by atoms with Gasteiger partial charge in [0, 0.05) is 25.9 Å². The summed E-state index contributed by atoms with van der Waals surface area (Å²) >= 11 is 0. The lowest BCUT2D eigenvalue weighted by Crippen LogP contribution is -2.33. The largest absolute Gasteiger partial charge is 0.444 e. The highest BCUT2D eigenvalue weighted by Gasteiger charge is 2.20. The van der Waals surface area contributed by atoms with Crippen molar-refractivity contribution in [3.63, 3.8) is 0 Å². The van der Waals surface area contributed by atoms with Gasteiger partial charge in [0.2, 0.25) is 5.91 Å². The van der Waals surface area contributed by atoms with E-state index in [1.807, 2.05) is 33.8 Å². The molecule has 0 fully saturated rings. The van der Waals surface area contributed by atoms with Crippen LogP contribution >= 0.6 is 0 Å². The fourth-order valence-electron chi connectivity index (χ4n) is 4.09. The van der Waals surface area contributed by atoms with E-state index in [4.69, 9.17) is 4.74 Å². The van der Waals surface area contributed by atoms with Gasteiger partial charge in [0.1, 0.15) is 11.4 Å². The van der Waals surface area contributed by atoms with Crippen LogP contribution in [-0.4, -0.2) is 34.5 Å². The number of rotatable bonds is 7. The Hall–Kier alpha value is -3.41. The summed E-state index contributed by atoms with van der Waals surface area (Å²) in [6, 6.07) is 14.8. The van der Waals surface area contributed by atoms with Crippen LogP contribution in [0.4, 0.5) is 10.6 Å². The van der Waals surface area contributed by atoms with E-state index in [2.05, 4.69) is 53.6 Å². The van der Waals surface area contributed by atoms with Gasteiger partial charge in [-0.1, -0.05) is 37.3 Å². The highest BCUT2D eigenvalue weighted by atomic mass is 16.6. The number of amides is 2. The van der Waals surface area contributed by atoms with E-state index in [0.29, 0.717) is 12.4 Å². The average Bonchev–Trinajstić information content (AvgIpc) is 2.75. The molecule has 35 heavy (non-hydrogen) atoms. The molecule has 186 valence electrons. The number of fused-ring (bicyclic) bond motifs is 1. The Bertz CT molecular complexity index is 1230. The molecule has 0 saturated heterocycles. The molecule has 0 unspecified atom stereocenters. The van der Waals surface area contributed by atoms with Gasteiger partial charge in [-0.3, -0.25) is 4.79 Å². The van der Waals surface area contributed by atoms with E-state index in [0.717, 1.165) is 41.3 Å². The summed E-state index contributed by atoms with van der Waals surface area (Å²) in [4.78, 5) is 30.1. The summed E-state index contributed by atoms with van der Waals surface area (Å²) < 4.78 is 5.49. The van der Waals surface area contributed by atoms with Crippen molar-refractivity contribution in [3.8, 4) is 0 Å². The molecule has 6 nitrogen and oxygen atoms in total. The van der Waals surface area contributed by atoms with E-state index < -0.39 is 5.60 Å². The molecule has 1 heterocycles. The molecule has 1 aromatic heterocycles. The van der Waals surface area contributed by atoms with Crippen LogP contribution in [0.5, 0.6) is 0 Å². The first kappa shape index (κ1) is 26.2. The second-order valence-corrected chi connectivity index (χ2v) is 10.2. The van der Waals surface area contributed by atoms with Crippen LogP contribution in [0.25, 0.3) is 10.9 Å². The van der Waals surface area contributed by atoms with E-state index >= 15 is 0 Å². The van der Waals surface area contributed by atoms with Gasteiger partial charge < -0.3 is 15.0 Å². The summed E-state index contributed by atoms with van der Waals surface area (Å²) in [6.45, 7) is 11.8. The fourth-order valence-corrected chi connectivity index (χ4v) is 4.09. The minimum absolute atomic E-state index is 0.128. The minimum Gasteiger partial charge on any atom is -0.444 e. The molecule has 0 spiro atoms. The number of hydrogen-bond acceptors (Lipinski definition) is 4. The molecular formula is C29H37N3O3. The third-order valence-electron chi connectivity index (χ3n) is 5.73. The maximum atomic E-state index is 12.4. The first-order chi connectivity index (χ1) is 16.4. The average molecular weight is 476 g/mol. The Morgan fingerprint density at radius 2 is 1.63 bits per heavy atom. The topological polar surface area (TPSA) is 71.5 Å². The fraction of sp³-hybridized carbons (Fsp3) is 0.414. The van der Waals surface area contributed by atoms with E-state index in [9.17, 15) is 9.59 Å². The third kappa shape index (κ3) is 7.54. The first-order valence-electron chi connectivity index (χ1n) is 12.2. The molecule has 3 aromatic rings. The zero-order chi connectivity index (χ0) is 25.8. The van der Waals surface area contributed by atoms with E-state index in [1.165, 1.54) is 23.6 Å². The number of carbonyl (C=O) groups excluding carboxylic acids is 2. The van der Waals surface area contributed by atoms with Crippen molar-refractivity contribution in [2.24, 2.45) is 0 Å². The number of nitrogens with one attached hydrogen (secondary N) is 1. The number of anilines is 1. The predicted octanol–water partition coefficient (Wildman–Crippen LogP) is 6.22. The maximum absolute atomic E-state index is 12.4. The standard InChI is InChI=1S/C29H37N3O3/c1-8-21-14-23(16-24(15-21)18-32(7)28(34)35-29(4,5)6)10-9-22-11-12-25-19(2)13-27(30-20(3)33)31-26(25)17-22/h11-17H,8-10,18H2,1-7H3,(H,30,31,33). The number of ether oxygens (including phenoxy) is 1. The van der Waals surface area contributed by atoms with Crippen molar-refractivity contribution in [2.45, 2.75) is 73.0 Å². The first-order valence-corrected chi connectivity index (χ1v) is 12.2. The molecule has 0 aliphatic heterocycles. The molecule has 0 aliphatic carbocycles. The quantitative estimate of drug-likeness (QED) is 0.441. The lowest BCUT2D eigenvalue weighted by atomic mass is 9.97. The summed E-state index contributed by atoms with van der Waals surface area (Å²) in [5, 5.41) is 3.87. The van der Waals surface area contributed by atoms with Gasteiger partial charge in [-0.2, -0.15) is 0 Å². The van der Waals surface area contributed by atoms with Crippen LogP contribution in [0.2, 0.25) is 0 Å². The van der Waals surface area contributed by atoms with Gasteiger partial charge in [0.25, 0.3) is 0 Å². The van der Waals surface area contributed by atoms with Crippen molar-refractivity contribution in [1.29, 1.82) is 0 Å². The normalized spacial score (nSPS) is 11.4. The van der Waals surface area contributed by atoms with Gasteiger partial charge in [0.15, 0.2) is 0 Å². The van der Waals surface area contributed by atoms with E-state index in [-0.39, 0.29) is 12.0 Å². The van der Waals surface area contributed by atoms with Crippen molar-refractivity contribution in [3.05, 3.63) is 70.3 Å². The Morgan fingerprint density at radius 3 is 2.29 bits per heavy atom.